The molecule has 1 aromatic carbocycles. The minimum atomic E-state index is -1.53. The van der Waals surface area contributed by atoms with Gasteiger partial charge in [0, 0.05) is 0 Å². The molecule has 8 nitrogen and oxygen atoms in total. The van der Waals surface area contributed by atoms with Crippen molar-refractivity contribution in [1.82, 2.24) is 0 Å². The van der Waals surface area contributed by atoms with Crippen molar-refractivity contribution >= 4 is 5.97 Å². The second kappa shape index (κ2) is 12.2. The van der Waals surface area contributed by atoms with E-state index < -0.39 is 49.4 Å². The Morgan fingerprint density at radius 2 is 1.86 bits per heavy atom. The van der Waals surface area contributed by atoms with Crippen molar-refractivity contribution in [1.29, 1.82) is 0 Å². The van der Waals surface area contributed by atoms with Gasteiger partial charge in [0.15, 0.2) is 6.29 Å². The first-order chi connectivity index (χ1) is 14.0. The van der Waals surface area contributed by atoms with E-state index in [1.165, 1.54) is 0 Å². The summed E-state index contributed by atoms with van der Waals surface area (Å²) in [6, 6.07) is 9.68. The summed E-state index contributed by atoms with van der Waals surface area (Å²) in [5.41, 5.74) is 1.06. The maximum Gasteiger partial charge on any atom is 0.308 e. The largest absolute Gasteiger partial charge is 0.466 e. The van der Waals surface area contributed by atoms with Crippen LogP contribution in [0.25, 0.3) is 0 Å². The molecule has 1 fully saturated rings. The Labute approximate surface area is 171 Å². The minimum absolute atomic E-state index is 0.0361. The van der Waals surface area contributed by atoms with Gasteiger partial charge in [-0.25, -0.2) is 0 Å². The van der Waals surface area contributed by atoms with Crippen molar-refractivity contribution in [3.8, 4) is 0 Å². The van der Waals surface area contributed by atoms with Crippen LogP contribution in [0.15, 0.2) is 30.3 Å². The number of hydrogen-bond donors (Lipinski definition) is 4. The smallest absolute Gasteiger partial charge is 0.308 e. The van der Waals surface area contributed by atoms with Crippen LogP contribution < -0.4 is 0 Å². The van der Waals surface area contributed by atoms with Crippen LogP contribution in [0.3, 0.4) is 0 Å². The van der Waals surface area contributed by atoms with E-state index in [9.17, 15) is 25.2 Å². The van der Waals surface area contributed by atoms with Gasteiger partial charge in [-0.3, -0.25) is 4.79 Å². The van der Waals surface area contributed by atoms with E-state index in [-0.39, 0.29) is 6.42 Å². The van der Waals surface area contributed by atoms with Crippen molar-refractivity contribution in [3.63, 3.8) is 0 Å². The van der Waals surface area contributed by atoms with Gasteiger partial charge >= 0.3 is 5.97 Å². The van der Waals surface area contributed by atoms with Crippen molar-refractivity contribution in [2.75, 3.05) is 13.2 Å². The highest BCUT2D eigenvalue weighted by Crippen LogP contribution is 2.25. The maximum atomic E-state index is 12.2. The molecule has 6 unspecified atom stereocenters. The molecule has 8 heteroatoms. The number of carbonyl (C=O) groups excluding carboxylic acids is 1. The summed E-state index contributed by atoms with van der Waals surface area (Å²) in [6.45, 7) is 1.79. The van der Waals surface area contributed by atoms with Gasteiger partial charge in [-0.05, 0) is 24.8 Å². The third-order valence-corrected chi connectivity index (χ3v) is 4.93. The molecule has 0 radical (unpaired) electrons. The number of hydrogen-bond acceptors (Lipinski definition) is 8. The monoisotopic (exact) mass is 412 g/mol. The second-order valence-corrected chi connectivity index (χ2v) is 7.26. The van der Waals surface area contributed by atoms with Crippen molar-refractivity contribution < 1.29 is 39.4 Å². The van der Waals surface area contributed by atoms with Crippen LogP contribution in [0.4, 0.5) is 0 Å². The Hall–Kier alpha value is -1.55. The molecular weight excluding hydrogens is 380 g/mol. The molecule has 1 aliphatic rings. The molecule has 1 aromatic rings. The summed E-state index contributed by atoms with van der Waals surface area (Å²) in [7, 11) is 0. The van der Waals surface area contributed by atoms with Crippen LogP contribution in [0, 0.1) is 0 Å². The van der Waals surface area contributed by atoms with Gasteiger partial charge in [0.25, 0.3) is 0 Å². The number of esters is 1. The topological polar surface area (TPSA) is 126 Å². The summed E-state index contributed by atoms with van der Waals surface area (Å²) in [4.78, 5) is 12.2. The van der Waals surface area contributed by atoms with Gasteiger partial charge in [0.2, 0.25) is 0 Å². The normalized spacial score (nSPS) is 28.1. The third-order valence-electron chi connectivity index (χ3n) is 4.93. The highest BCUT2D eigenvalue weighted by Gasteiger charge is 2.44. The fourth-order valence-electron chi connectivity index (χ4n) is 3.14. The lowest BCUT2D eigenvalue weighted by Gasteiger charge is -2.40. The van der Waals surface area contributed by atoms with Gasteiger partial charge in [-0.1, -0.05) is 43.7 Å². The lowest BCUT2D eigenvalue weighted by atomic mass is 9.99. The van der Waals surface area contributed by atoms with E-state index >= 15 is 0 Å². The molecule has 2 rings (SSSR count). The predicted molar refractivity (Wildman–Crippen MR) is 104 cm³/mol. The number of unbranched alkanes of at least 4 members (excludes halogenated alkanes) is 1. The van der Waals surface area contributed by atoms with Gasteiger partial charge in [-0.2, -0.15) is 0 Å². The number of rotatable bonds is 11. The lowest BCUT2D eigenvalue weighted by molar-refractivity contribution is -0.311. The van der Waals surface area contributed by atoms with E-state index in [1.807, 2.05) is 37.3 Å². The molecule has 0 saturated carbocycles. The highest BCUT2D eigenvalue weighted by atomic mass is 16.7. The van der Waals surface area contributed by atoms with E-state index in [0.717, 1.165) is 18.4 Å². The number of ether oxygens (including phenoxy) is 3. The summed E-state index contributed by atoms with van der Waals surface area (Å²) in [6.07, 6.45) is -4.75. The van der Waals surface area contributed by atoms with E-state index in [1.54, 1.807) is 0 Å². The van der Waals surface area contributed by atoms with Gasteiger partial charge in [0.05, 0.1) is 25.7 Å². The molecule has 1 heterocycles. The summed E-state index contributed by atoms with van der Waals surface area (Å²) < 4.78 is 16.4. The summed E-state index contributed by atoms with van der Waals surface area (Å²) in [5.74, 6) is -0.416. The predicted octanol–water partition coefficient (Wildman–Crippen LogP) is 0.538. The Kier molecular flexibility index (Phi) is 9.99. The SMILES string of the molecule is CCCCOC(=O)CC(CCc1ccccc1)OC1OC(CO)C(O)C(O)C1O. The molecule has 4 N–H and O–H groups in total. The van der Waals surface area contributed by atoms with Crippen LogP contribution >= 0.6 is 0 Å². The average Bonchev–Trinajstić information content (AvgIpc) is 2.73. The molecule has 0 spiro atoms. The van der Waals surface area contributed by atoms with Gasteiger partial charge in [-0.15, -0.1) is 0 Å². The molecule has 0 bridgehead atoms. The molecule has 29 heavy (non-hydrogen) atoms. The number of aliphatic hydroxyl groups excluding tert-OH is 4. The Balaban J connectivity index is 2.01. The van der Waals surface area contributed by atoms with Crippen molar-refractivity contribution in [2.45, 2.75) is 75.8 Å². The van der Waals surface area contributed by atoms with E-state index in [2.05, 4.69) is 0 Å². The van der Waals surface area contributed by atoms with Crippen LogP contribution in [-0.4, -0.2) is 76.4 Å². The number of aryl methyl sites for hydroxylation is 1. The molecule has 0 aliphatic carbocycles. The zero-order chi connectivity index (χ0) is 21.2. The summed E-state index contributed by atoms with van der Waals surface area (Å²) >= 11 is 0. The lowest BCUT2D eigenvalue weighted by Crippen LogP contribution is -2.59. The van der Waals surface area contributed by atoms with Crippen molar-refractivity contribution in [2.24, 2.45) is 0 Å². The second-order valence-electron chi connectivity index (χ2n) is 7.26. The number of benzene rings is 1. The van der Waals surface area contributed by atoms with Gasteiger partial charge in [0.1, 0.15) is 24.4 Å². The molecule has 1 saturated heterocycles. The van der Waals surface area contributed by atoms with Crippen LogP contribution in [0.5, 0.6) is 0 Å². The number of carbonyl (C=O) groups is 1. The average molecular weight is 412 g/mol. The Morgan fingerprint density at radius 1 is 1.14 bits per heavy atom. The highest BCUT2D eigenvalue weighted by molar-refractivity contribution is 5.69. The molecule has 0 amide bonds. The third kappa shape index (κ3) is 7.33. The first kappa shape index (κ1) is 23.7. The Bertz CT molecular complexity index is 594. The zero-order valence-corrected chi connectivity index (χ0v) is 16.7. The first-order valence-electron chi connectivity index (χ1n) is 10.1. The molecular formula is C21H32O8. The van der Waals surface area contributed by atoms with Gasteiger partial charge < -0.3 is 34.6 Å². The zero-order valence-electron chi connectivity index (χ0n) is 16.7. The fourth-order valence-corrected chi connectivity index (χ4v) is 3.14. The quantitative estimate of drug-likeness (QED) is 0.306. The Morgan fingerprint density at radius 3 is 2.52 bits per heavy atom. The van der Waals surface area contributed by atoms with E-state index in [0.29, 0.717) is 19.4 Å². The first-order valence-corrected chi connectivity index (χ1v) is 10.1. The number of aliphatic hydroxyl groups is 4. The standard InChI is InChI=1S/C21H32O8/c1-2-3-11-27-17(23)12-15(10-9-14-7-5-4-6-8-14)28-21-20(26)19(25)18(24)16(13-22)29-21/h4-8,15-16,18-22,24-26H,2-3,9-13H2,1H3. The van der Waals surface area contributed by atoms with Crippen LogP contribution in [0.2, 0.25) is 0 Å². The molecule has 0 aromatic heterocycles. The fraction of sp³-hybridized carbons (Fsp3) is 0.667. The van der Waals surface area contributed by atoms with Crippen LogP contribution in [-0.2, 0) is 25.4 Å². The molecule has 1 aliphatic heterocycles. The minimum Gasteiger partial charge on any atom is -0.466 e. The molecule has 6 atom stereocenters. The maximum absolute atomic E-state index is 12.2. The summed E-state index contributed by atoms with van der Waals surface area (Å²) in [5, 5.41) is 39.4. The van der Waals surface area contributed by atoms with E-state index in [4.69, 9.17) is 14.2 Å². The van der Waals surface area contributed by atoms with Crippen molar-refractivity contribution in [3.05, 3.63) is 35.9 Å². The van der Waals surface area contributed by atoms with Crippen LogP contribution in [0.1, 0.15) is 38.2 Å². The molecule has 164 valence electrons.